The van der Waals surface area contributed by atoms with Crippen LogP contribution in [0.2, 0.25) is 0 Å². The number of aromatic amines is 1. The molecule has 0 spiro atoms. The summed E-state index contributed by atoms with van der Waals surface area (Å²) in [6.07, 6.45) is 3.35. The number of rotatable bonds is 5. The van der Waals surface area contributed by atoms with E-state index in [2.05, 4.69) is 40.9 Å². The van der Waals surface area contributed by atoms with E-state index in [0.29, 0.717) is 17.7 Å². The molecule has 134 valence electrons. The van der Waals surface area contributed by atoms with Gasteiger partial charge in [-0.3, -0.25) is 5.10 Å². The van der Waals surface area contributed by atoms with E-state index in [0.717, 1.165) is 43.8 Å². The number of phenolic OH excluding ortho intramolecular Hbond substituents is 1. The smallest absolute Gasteiger partial charge is 0.268 e. The van der Waals surface area contributed by atoms with Crippen molar-refractivity contribution in [3.8, 4) is 17.1 Å². The molecule has 6 nitrogen and oxygen atoms in total. The van der Waals surface area contributed by atoms with Gasteiger partial charge in [0, 0.05) is 29.9 Å². The maximum absolute atomic E-state index is 9.38. The lowest BCUT2D eigenvalue weighted by molar-refractivity contribution is 0.0570. The summed E-state index contributed by atoms with van der Waals surface area (Å²) < 4.78 is 5.45. The predicted molar refractivity (Wildman–Crippen MR) is 98.2 cm³/mol. The summed E-state index contributed by atoms with van der Waals surface area (Å²) in [5.74, 6) is 2.01. The van der Waals surface area contributed by atoms with Gasteiger partial charge in [0.05, 0.1) is 0 Å². The van der Waals surface area contributed by atoms with Gasteiger partial charge in [0.15, 0.2) is 5.82 Å². The number of hydrogen-bond donors (Lipinski definition) is 2. The molecule has 0 radical (unpaired) electrons. The van der Waals surface area contributed by atoms with Gasteiger partial charge in [-0.25, -0.2) is 4.99 Å². The zero-order chi connectivity index (χ0) is 17.9. The van der Waals surface area contributed by atoms with Crippen LogP contribution in [0.4, 0.5) is 5.95 Å². The van der Waals surface area contributed by atoms with Gasteiger partial charge in [-0.2, -0.15) is 4.98 Å². The number of phenols is 1. The highest BCUT2D eigenvalue weighted by atomic mass is 16.5. The fourth-order valence-electron chi connectivity index (χ4n) is 3.17. The van der Waals surface area contributed by atoms with Crippen LogP contribution in [0.5, 0.6) is 5.75 Å². The highest BCUT2D eigenvalue weighted by molar-refractivity contribution is 5.89. The van der Waals surface area contributed by atoms with Crippen LogP contribution in [0.15, 0.2) is 29.3 Å². The van der Waals surface area contributed by atoms with E-state index < -0.39 is 0 Å². The topological polar surface area (TPSA) is 83.4 Å². The highest BCUT2D eigenvalue weighted by Gasteiger charge is 2.28. The lowest BCUT2D eigenvalue weighted by atomic mass is 9.77. The van der Waals surface area contributed by atoms with Gasteiger partial charge >= 0.3 is 0 Å². The third-order valence-electron chi connectivity index (χ3n) is 5.00. The number of aromatic hydroxyl groups is 1. The number of aliphatic imine (C=N–C) groups is 1. The molecule has 1 aliphatic rings. The molecule has 2 aromatic rings. The number of benzene rings is 1. The normalized spacial score (nSPS) is 17.0. The van der Waals surface area contributed by atoms with E-state index in [-0.39, 0.29) is 11.2 Å². The molecule has 0 aliphatic carbocycles. The average molecular weight is 342 g/mol. The second-order valence-electron chi connectivity index (χ2n) is 7.37. The molecule has 1 aliphatic heterocycles. The Morgan fingerprint density at radius 1 is 1.28 bits per heavy atom. The fraction of sp³-hybridized carbons (Fsp3) is 0.526. The van der Waals surface area contributed by atoms with Crippen LogP contribution < -0.4 is 0 Å². The lowest BCUT2D eigenvalue weighted by Gasteiger charge is -2.31. The van der Waals surface area contributed by atoms with E-state index in [9.17, 15) is 5.11 Å². The van der Waals surface area contributed by atoms with Crippen molar-refractivity contribution in [3.05, 3.63) is 24.3 Å². The molecule has 1 saturated heterocycles. The van der Waals surface area contributed by atoms with E-state index in [1.165, 1.54) is 0 Å². The molecule has 2 heterocycles. The Hall–Kier alpha value is -2.21. The molecular formula is C19H26N4O2. The van der Waals surface area contributed by atoms with E-state index in [4.69, 9.17) is 4.74 Å². The number of hydrogen-bond acceptors (Lipinski definition) is 5. The summed E-state index contributed by atoms with van der Waals surface area (Å²) in [5, 5.41) is 16.5. The molecule has 0 saturated carbocycles. The fourth-order valence-corrected chi connectivity index (χ4v) is 3.17. The molecule has 0 amide bonds. The number of nitrogens with one attached hydrogen (secondary N) is 1. The SMILES string of the molecule is CC(=Nc1n[nH]c(-c2ccc(O)cc2)n1)C(C)(C)CC1CCOCC1. The van der Waals surface area contributed by atoms with Crippen molar-refractivity contribution in [1.82, 2.24) is 15.2 Å². The highest BCUT2D eigenvalue weighted by Crippen LogP contribution is 2.33. The summed E-state index contributed by atoms with van der Waals surface area (Å²) in [4.78, 5) is 9.10. The van der Waals surface area contributed by atoms with Gasteiger partial charge in [-0.1, -0.05) is 13.8 Å². The first-order valence-electron chi connectivity index (χ1n) is 8.79. The summed E-state index contributed by atoms with van der Waals surface area (Å²) in [7, 11) is 0. The zero-order valence-electron chi connectivity index (χ0n) is 15.1. The predicted octanol–water partition coefficient (Wildman–Crippen LogP) is 4.11. The minimum Gasteiger partial charge on any atom is -0.508 e. The average Bonchev–Trinajstić information content (AvgIpc) is 3.04. The van der Waals surface area contributed by atoms with E-state index >= 15 is 0 Å². The molecule has 0 atom stereocenters. The standard InChI is InChI=1S/C19H26N4O2/c1-13(19(2,3)12-14-8-10-25-11-9-14)20-18-21-17(22-23-18)15-4-6-16(24)7-5-15/h4-7,14,24H,8-12H2,1-3H3,(H,21,22,23). The summed E-state index contributed by atoms with van der Waals surface area (Å²) in [6.45, 7) is 8.25. The second kappa shape index (κ2) is 7.35. The Balaban J connectivity index is 1.71. The minimum atomic E-state index is 0.00133. The van der Waals surface area contributed by atoms with Crippen molar-refractivity contribution < 1.29 is 9.84 Å². The number of H-pyrrole nitrogens is 1. The molecule has 2 N–H and O–H groups in total. The van der Waals surface area contributed by atoms with Crippen molar-refractivity contribution in [2.75, 3.05) is 13.2 Å². The molecule has 6 heteroatoms. The van der Waals surface area contributed by atoms with Crippen LogP contribution >= 0.6 is 0 Å². The summed E-state index contributed by atoms with van der Waals surface area (Å²) in [5.41, 5.74) is 1.91. The molecule has 25 heavy (non-hydrogen) atoms. The molecule has 3 rings (SSSR count). The van der Waals surface area contributed by atoms with Gasteiger partial charge in [-0.05, 0) is 56.4 Å². The van der Waals surface area contributed by atoms with Crippen LogP contribution in [0.1, 0.15) is 40.0 Å². The van der Waals surface area contributed by atoms with Crippen LogP contribution in [0.3, 0.4) is 0 Å². The van der Waals surface area contributed by atoms with Crippen LogP contribution in [-0.2, 0) is 4.74 Å². The number of ether oxygens (including phenoxy) is 1. The second-order valence-corrected chi connectivity index (χ2v) is 7.37. The lowest BCUT2D eigenvalue weighted by Crippen LogP contribution is -2.28. The van der Waals surface area contributed by atoms with Gasteiger partial charge in [0.2, 0.25) is 0 Å². The monoisotopic (exact) mass is 342 g/mol. The molecule has 0 unspecified atom stereocenters. The maximum Gasteiger partial charge on any atom is 0.268 e. The summed E-state index contributed by atoms with van der Waals surface area (Å²) >= 11 is 0. The Kier molecular flexibility index (Phi) is 5.18. The molecular weight excluding hydrogens is 316 g/mol. The first-order valence-corrected chi connectivity index (χ1v) is 8.79. The first kappa shape index (κ1) is 17.6. The summed E-state index contributed by atoms with van der Waals surface area (Å²) in [6, 6.07) is 6.85. The Labute approximate surface area is 148 Å². The third-order valence-corrected chi connectivity index (χ3v) is 5.00. The van der Waals surface area contributed by atoms with Crippen molar-refractivity contribution >= 4 is 11.7 Å². The van der Waals surface area contributed by atoms with Gasteiger partial charge in [-0.15, -0.1) is 5.10 Å². The Morgan fingerprint density at radius 3 is 2.64 bits per heavy atom. The van der Waals surface area contributed by atoms with Crippen molar-refractivity contribution in [2.45, 2.75) is 40.0 Å². The number of nitrogens with zero attached hydrogens (tertiary/aromatic N) is 3. The zero-order valence-corrected chi connectivity index (χ0v) is 15.1. The number of aromatic nitrogens is 3. The van der Waals surface area contributed by atoms with Crippen molar-refractivity contribution in [3.63, 3.8) is 0 Å². The van der Waals surface area contributed by atoms with E-state index in [1.54, 1.807) is 24.3 Å². The minimum absolute atomic E-state index is 0.00133. The third kappa shape index (κ3) is 4.45. The van der Waals surface area contributed by atoms with Crippen molar-refractivity contribution in [1.29, 1.82) is 0 Å². The van der Waals surface area contributed by atoms with Crippen LogP contribution in [-0.4, -0.2) is 39.2 Å². The van der Waals surface area contributed by atoms with Crippen LogP contribution in [0, 0.1) is 11.3 Å². The van der Waals surface area contributed by atoms with Crippen molar-refractivity contribution in [2.24, 2.45) is 16.3 Å². The first-order chi connectivity index (χ1) is 11.9. The Bertz CT molecular complexity index is 728. The quantitative estimate of drug-likeness (QED) is 0.801. The van der Waals surface area contributed by atoms with Crippen LogP contribution in [0.25, 0.3) is 11.4 Å². The largest absolute Gasteiger partial charge is 0.508 e. The van der Waals surface area contributed by atoms with Gasteiger partial charge in [0.1, 0.15) is 5.75 Å². The van der Waals surface area contributed by atoms with E-state index in [1.807, 2.05) is 0 Å². The maximum atomic E-state index is 9.38. The van der Waals surface area contributed by atoms with Gasteiger partial charge < -0.3 is 9.84 Å². The molecule has 1 aromatic carbocycles. The molecule has 1 aromatic heterocycles. The molecule has 1 fully saturated rings. The Morgan fingerprint density at radius 2 is 1.96 bits per heavy atom. The van der Waals surface area contributed by atoms with Gasteiger partial charge in [0.25, 0.3) is 5.95 Å². The molecule has 0 bridgehead atoms.